The largest absolute Gasteiger partial charge is 0.372 e. The summed E-state index contributed by atoms with van der Waals surface area (Å²) in [5, 5.41) is 6.41. The van der Waals surface area contributed by atoms with E-state index in [0.29, 0.717) is 36.6 Å². The molecule has 26 heavy (non-hydrogen) atoms. The maximum atomic E-state index is 12.3. The Morgan fingerprint density at radius 2 is 1.73 bits per heavy atom. The molecule has 2 aliphatic heterocycles. The number of nitrogens with zero attached hydrogens (tertiary/aromatic N) is 1. The molecule has 0 saturated carbocycles. The van der Waals surface area contributed by atoms with Crippen LogP contribution in [0.15, 0.2) is 47.4 Å². The third-order valence-electron chi connectivity index (χ3n) is 4.68. The first-order valence-corrected chi connectivity index (χ1v) is 9.89. The molecule has 1 unspecified atom stereocenters. The molecule has 0 saturated heterocycles. The van der Waals surface area contributed by atoms with Gasteiger partial charge in [0.2, 0.25) is 0 Å². The topological polar surface area (TPSA) is 78.5 Å². The molecule has 0 bridgehead atoms. The van der Waals surface area contributed by atoms with Crippen LogP contribution < -0.4 is 10.6 Å². The molecule has 2 aliphatic rings. The highest BCUT2D eigenvalue weighted by Gasteiger charge is 2.34. The van der Waals surface area contributed by atoms with E-state index in [9.17, 15) is 13.8 Å². The molecular formula is C19H19N3O3S. The summed E-state index contributed by atoms with van der Waals surface area (Å²) >= 11 is 0. The Bertz CT molecular complexity index is 878. The van der Waals surface area contributed by atoms with E-state index in [1.54, 1.807) is 24.3 Å². The lowest BCUT2D eigenvalue weighted by atomic mass is 10.1. The molecule has 0 aromatic heterocycles. The fourth-order valence-corrected chi connectivity index (χ4v) is 4.67. The van der Waals surface area contributed by atoms with Crippen LogP contribution in [0.2, 0.25) is 0 Å². The number of carbonyl (C=O) groups excluding carboxylic acids is 2. The highest BCUT2D eigenvalue weighted by molar-refractivity contribution is 7.85. The average Bonchev–Trinajstić information content (AvgIpc) is 3.15. The Kier molecular flexibility index (Phi) is 4.57. The zero-order valence-corrected chi connectivity index (χ0v) is 15.0. The van der Waals surface area contributed by atoms with Crippen LogP contribution in [0.5, 0.6) is 0 Å². The summed E-state index contributed by atoms with van der Waals surface area (Å²) in [7, 11) is -0.987. The minimum absolute atomic E-state index is 0.227. The molecule has 0 spiro atoms. The SMILES string of the molecule is O=C1c2ccccc2C(=O)N1CCNCCc1cccc2c1S(=O)CN2. The average molecular weight is 369 g/mol. The first kappa shape index (κ1) is 16.9. The van der Waals surface area contributed by atoms with Gasteiger partial charge in [-0.05, 0) is 36.7 Å². The minimum atomic E-state index is -0.987. The van der Waals surface area contributed by atoms with Crippen molar-refractivity contribution in [1.82, 2.24) is 10.2 Å². The molecule has 2 heterocycles. The van der Waals surface area contributed by atoms with Crippen LogP contribution in [0.4, 0.5) is 5.69 Å². The molecule has 2 N–H and O–H groups in total. The summed E-state index contributed by atoms with van der Waals surface area (Å²) in [6.07, 6.45) is 0.749. The third kappa shape index (κ3) is 2.93. The number of anilines is 1. The van der Waals surface area contributed by atoms with E-state index in [2.05, 4.69) is 10.6 Å². The van der Waals surface area contributed by atoms with Gasteiger partial charge in [-0.25, -0.2) is 0 Å². The van der Waals surface area contributed by atoms with Gasteiger partial charge in [-0.15, -0.1) is 0 Å². The number of nitrogens with one attached hydrogen (secondary N) is 2. The predicted octanol–water partition coefficient (Wildman–Crippen LogP) is 1.61. The van der Waals surface area contributed by atoms with Crippen molar-refractivity contribution in [2.75, 3.05) is 30.8 Å². The Balaban J connectivity index is 1.30. The van der Waals surface area contributed by atoms with Crippen molar-refractivity contribution in [2.45, 2.75) is 11.3 Å². The summed E-state index contributed by atoms with van der Waals surface area (Å²) in [5.74, 6) is 0.0176. The molecule has 134 valence electrons. The molecule has 1 atom stereocenters. The van der Waals surface area contributed by atoms with Crippen LogP contribution in [0.25, 0.3) is 0 Å². The molecule has 7 heteroatoms. The number of rotatable bonds is 6. The predicted molar refractivity (Wildman–Crippen MR) is 99.7 cm³/mol. The Morgan fingerprint density at radius 3 is 2.46 bits per heavy atom. The fourth-order valence-electron chi connectivity index (χ4n) is 3.39. The smallest absolute Gasteiger partial charge is 0.261 e. The van der Waals surface area contributed by atoms with Crippen LogP contribution in [0.1, 0.15) is 26.3 Å². The van der Waals surface area contributed by atoms with Crippen LogP contribution in [0.3, 0.4) is 0 Å². The van der Waals surface area contributed by atoms with E-state index in [0.717, 1.165) is 22.6 Å². The summed E-state index contributed by atoms with van der Waals surface area (Å²) < 4.78 is 12.1. The van der Waals surface area contributed by atoms with Crippen LogP contribution in [0, 0.1) is 0 Å². The van der Waals surface area contributed by atoms with Crippen LogP contribution >= 0.6 is 0 Å². The van der Waals surface area contributed by atoms with Gasteiger partial charge in [-0.2, -0.15) is 0 Å². The van der Waals surface area contributed by atoms with Crippen molar-refractivity contribution in [3.05, 3.63) is 59.2 Å². The van der Waals surface area contributed by atoms with E-state index >= 15 is 0 Å². The van der Waals surface area contributed by atoms with Gasteiger partial charge in [0.1, 0.15) is 0 Å². The van der Waals surface area contributed by atoms with Crippen molar-refractivity contribution in [3.8, 4) is 0 Å². The number of carbonyl (C=O) groups is 2. The van der Waals surface area contributed by atoms with Crippen LogP contribution in [-0.4, -0.2) is 46.4 Å². The number of imide groups is 1. The van der Waals surface area contributed by atoms with Gasteiger partial charge in [-0.1, -0.05) is 24.3 Å². The first-order chi connectivity index (χ1) is 12.7. The lowest BCUT2D eigenvalue weighted by molar-refractivity contribution is 0.0655. The molecule has 0 aliphatic carbocycles. The summed E-state index contributed by atoms with van der Waals surface area (Å²) in [6.45, 7) is 1.56. The second-order valence-corrected chi connectivity index (χ2v) is 7.66. The van der Waals surface area contributed by atoms with Crippen LogP contribution in [-0.2, 0) is 17.2 Å². The van der Waals surface area contributed by atoms with Gasteiger partial charge < -0.3 is 10.6 Å². The van der Waals surface area contributed by atoms with Gasteiger partial charge in [0.05, 0.1) is 38.4 Å². The Morgan fingerprint density at radius 1 is 1.00 bits per heavy atom. The van der Waals surface area contributed by atoms with Gasteiger partial charge in [0.25, 0.3) is 11.8 Å². The van der Waals surface area contributed by atoms with Crippen molar-refractivity contribution in [1.29, 1.82) is 0 Å². The van der Waals surface area contributed by atoms with E-state index in [4.69, 9.17) is 0 Å². The lowest BCUT2D eigenvalue weighted by Crippen LogP contribution is -2.36. The zero-order chi connectivity index (χ0) is 18.1. The molecule has 2 aromatic carbocycles. The van der Waals surface area contributed by atoms with Crippen molar-refractivity contribution in [2.24, 2.45) is 0 Å². The second-order valence-electron chi connectivity index (χ2n) is 6.27. The van der Waals surface area contributed by atoms with E-state index in [1.807, 2.05) is 18.2 Å². The summed E-state index contributed by atoms with van der Waals surface area (Å²) in [5.41, 5.74) is 2.98. The normalized spacial score (nSPS) is 18.0. The van der Waals surface area contributed by atoms with E-state index < -0.39 is 10.8 Å². The number of amides is 2. The zero-order valence-electron chi connectivity index (χ0n) is 14.2. The Hall–Kier alpha value is -2.51. The second kappa shape index (κ2) is 7.01. The van der Waals surface area contributed by atoms with Gasteiger partial charge in [-0.3, -0.25) is 18.7 Å². The maximum Gasteiger partial charge on any atom is 0.261 e. The highest BCUT2D eigenvalue weighted by Crippen LogP contribution is 2.29. The maximum absolute atomic E-state index is 12.3. The van der Waals surface area contributed by atoms with Crippen molar-refractivity contribution >= 4 is 28.3 Å². The molecule has 4 rings (SSSR count). The molecule has 2 amide bonds. The first-order valence-electron chi connectivity index (χ1n) is 8.57. The third-order valence-corrected chi connectivity index (χ3v) is 6.02. The number of benzene rings is 2. The molecular weight excluding hydrogens is 350 g/mol. The number of hydrogen-bond acceptors (Lipinski definition) is 5. The quantitative estimate of drug-likeness (QED) is 0.597. The molecule has 0 fully saturated rings. The van der Waals surface area contributed by atoms with Gasteiger partial charge in [0.15, 0.2) is 0 Å². The van der Waals surface area contributed by atoms with E-state index in [1.165, 1.54) is 4.90 Å². The number of hydrogen-bond donors (Lipinski definition) is 2. The van der Waals surface area contributed by atoms with E-state index in [-0.39, 0.29) is 11.8 Å². The van der Waals surface area contributed by atoms with Gasteiger partial charge in [0, 0.05) is 13.1 Å². The minimum Gasteiger partial charge on any atom is -0.372 e. The fraction of sp³-hybridized carbons (Fsp3) is 0.263. The summed E-state index contributed by atoms with van der Waals surface area (Å²) in [6, 6.07) is 12.8. The lowest BCUT2D eigenvalue weighted by Gasteiger charge is -2.14. The van der Waals surface area contributed by atoms with Crippen molar-refractivity contribution < 1.29 is 13.8 Å². The molecule has 6 nitrogen and oxygen atoms in total. The van der Waals surface area contributed by atoms with Gasteiger partial charge >= 0.3 is 0 Å². The molecule has 2 aromatic rings. The van der Waals surface area contributed by atoms with Crippen molar-refractivity contribution in [3.63, 3.8) is 0 Å². The summed E-state index contributed by atoms with van der Waals surface area (Å²) in [4.78, 5) is 26.8. The highest BCUT2D eigenvalue weighted by atomic mass is 32.2. The standard InChI is InChI=1S/C19H19N3O3S/c23-18-14-5-1-2-6-15(14)19(24)22(18)11-10-20-9-8-13-4-3-7-16-17(13)26(25)12-21-16/h1-7,20-21H,8-12H2. The molecule has 0 radical (unpaired) electrons. The Labute approximate surface area is 154 Å². The number of fused-ring (bicyclic) bond motifs is 2. The monoisotopic (exact) mass is 369 g/mol.